The van der Waals surface area contributed by atoms with Crippen LogP contribution in [0.25, 0.3) is 16.8 Å². The Kier molecular flexibility index (Phi) is 5.23. The normalized spacial score (nSPS) is 19.1. The number of benzene rings is 2. The number of hydrogen-bond acceptors (Lipinski definition) is 4. The van der Waals surface area contributed by atoms with Gasteiger partial charge in [-0.15, -0.1) is 0 Å². The lowest BCUT2D eigenvalue weighted by Gasteiger charge is -2.47. The molecule has 34 heavy (non-hydrogen) atoms. The van der Waals surface area contributed by atoms with Gasteiger partial charge < -0.3 is 14.5 Å². The number of nitrogens with zero attached hydrogens (tertiary/aromatic N) is 2. The number of piperidine rings is 1. The number of allylic oxidation sites excluding steroid dienone is 2. The Hall–Kier alpha value is -2.76. The average molecular weight is 495 g/mol. The molecule has 0 radical (unpaired) electrons. The van der Waals surface area contributed by atoms with E-state index in [0.717, 1.165) is 73.5 Å². The second-order valence-corrected chi connectivity index (χ2v) is 10.5. The van der Waals surface area contributed by atoms with E-state index in [9.17, 15) is 4.79 Å². The van der Waals surface area contributed by atoms with Gasteiger partial charge in [-0.1, -0.05) is 40.5 Å². The SMILES string of the molecule is O=C(O)c1ccc(N2CCC3(C=C(c4c(-c5c(Cl)cccc5Cl)noc4C4CC4)C3)CC2)cc1. The first-order valence-electron chi connectivity index (χ1n) is 11.7. The van der Waals surface area contributed by atoms with Gasteiger partial charge in [-0.25, -0.2) is 4.79 Å². The Labute approximate surface area is 208 Å². The third-order valence-corrected chi connectivity index (χ3v) is 8.08. The molecule has 3 aliphatic rings. The van der Waals surface area contributed by atoms with Crippen molar-refractivity contribution in [1.82, 2.24) is 5.16 Å². The van der Waals surface area contributed by atoms with Crippen molar-refractivity contribution in [2.45, 2.75) is 38.0 Å². The number of carbonyl (C=O) groups is 1. The van der Waals surface area contributed by atoms with Crippen LogP contribution in [0.5, 0.6) is 0 Å². The Morgan fingerprint density at radius 2 is 1.68 bits per heavy atom. The van der Waals surface area contributed by atoms with E-state index in [1.165, 1.54) is 5.57 Å². The molecule has 1 aromatic heterocycles. The van der Waals surface area contributed by atoms with Gasteiger partial charge in [0.15, 0.2) is 0 Å². The van der Waals surface area contributed by atoms with Crippen LogP contribution < -0.4 is 4.90 Å². The quantitative estimate of drug-likeness (QED) is 0.402. The van der Waals surface area contributed by atoms with Crippen LogP contribution in [0.4, 0.5) is 5.69 Å². The molecule has 1 saturated heterocycles. The van der Waals surface area contributed by atoms with Gasteiger partial charge in [0.05, 0.1) is 15.6 Å². The van der Waals surface area contributed by atoms with Crippen LogP contribution >= 0.6 is 23.2 Å². The summed E-state index contributed by atoms with van der Waals surface area (Å²) in [6.45, 7) is 1.89. The van der Waals surface area contributed by atoms with Crippen molar-refractivity contribution in [2.75, 3.05) is 18.0 Å². The van der Waals surface area contributed by atoms with Gasteiger partial charge in [0.2, 0.25) is 0 Å². The van der Waals surface area contributed by atoms with Crippen LogP contribution in [-0.2, 0) is 0 Å². The van der Waals surface area contributed by atoms with Crippen molar-refractivity contribution >= 4 is 40.4 Å². The van der Waals surface area contributed by atoms with Crippen LogP contribution in [-0.4, -0.2) is 29.3 Å². The second-order valence-electron chi connectivity index (χ2n) is 9.69. The molecule has 0 atom stereocenters. The Morgan fingerprint density at radius 3 is 2.26 bits per heavy atom. The molecule has 3 aromatic rings. The highest BCUT2D eigenvalue weighted by atomic mass is 35.5. The zero-order valence-electron chi connectivity index (χ0n) is 18.6. The molecule has 5 nitrogen and oxygen atoms in total. The molecule has 7 heteroatoms. The van der Waals surface area contributed by atoms with Gasteiger partial charge in [0.25, 0.3) is 0 Å². The number of hydrogen-bond donors (Lipinski definition) is 1. The maximum Gasteiger partial charge on any atom is 0.335 e. The maximum absolute atomic E-state index is 11.1. The number of aromatic nitrogens is 1. The summed E-state index contributed by atoms with van der Waals surface area (Å²) in [5.74, 6) is 0.515. The fourth-order valence-corrected chi connectivity index (χ4v) is 5.94. The van der Waals surface area contributed by atoms with E-state index in [0.29, 0.717) is 21.5 Å². The average Bonchev–Trinajstić information content (AvgIpc) is 3.57. The van der Waals surface area contributed by atoms with Gasteiger partial charge in [-0.2, -0.15) is 0 Å². The van der Waals surface area contributed by atoms with Crippen molar-refractivity contribution in [3.05, 3.63) is 75.5 Å². The van der Waals surface area contributed by atoms with Gasteiger partial charge >= 0.3 is 5.97 Å². The van der Waals surface area contributed by atoms with Crippen LogP contribution in [0.15, 0.2) is 53.1 Å². The number of carboxylic acids is 1. The zero-order valence-corrected chi connectivity index (χ0v) is 20.1. The van der Waals surface area contributed by atoms with Crippen molar-refractivity contribution < 1.29 is 14.4 Å². The van der Waals surface area contributed by atoms with E-state index in [4.69, 9.17) is 32.8 Å². The maximum atomic E-state index is 11.1. The van der Waals surface area contributed by atoms with Gasteiger partial charge in [0, 0.05) is 35.8 Å². The number of carboxylic acid groups (broad SMARTS) is 1. The summed E-state index contributed by atoms with van der Waals surface area (Å²) >= 11 is 13.1. The summed E-state index contributed by atoms with van der Waals surface area (Å²) in [6, 6.07) is 12.7. The summed E-state index contributed by atoms with van der Waals surface area (Å²) < 4.78 is 5.86. The lowest BCUT2D eigenvalue weighted by atomic mass is 9.63. The highest BCUT2D eigenvalue weighted by molar-refractivity contribution is 6.39. The number of rotatable bonds is 5. The largest absolute Gasteiger partial charge is 0.478 e. The van der Waals surface area contributed by atoms with Gasteiger partial charge in [0.1, 0.15) is 11.5 Å². The van der Waals surface area contributed by atoms with E-state index in [1.807, 2.05) is 30.3 Å². The highest BCUT2D eigenvalue weighted by Gasteiger charge is 2.44. The lowest BCUT2D eigenvalue weighted by molar-refractivity contribution is 0.0697. The first-order valence-corrected chi connectivity index (χ1v) is 12.4. The van der Waals surface area contributed by atoms with Crippen molar-refractivity contribution in [2.24, 2.45) is 5.41 Å². The molecule has 0 bridgehead atoms. The molecular formula is C27H24Cl2N2O3. The van der Waals surface area contributed by atoms with Gasteiger partial charge in [-0.05, 0) is 79.5 Å². The fraction of sp³-hybridized carbons (Fsp3) is 0.333. The summed E-state index contributed by atoms with van der Waals surface area (Å²) in [5, 5.41) is 14.7. The molecule has 1 N–H and O–H groups in total. The molecule has 2 aliphatic carbocycles. The molecule has 6 rings (SSSR count). The van der Waals surface area contributed by atoms with Crippen LogP contribution in [0.3, 0.4) is 0 Å². The van der Waals surface area contributed by atoms with E-state index >= 15 is 0 Å². The molecule has 1 aliphatic heterocycles. The van der Waals surface area contributed by atoms with Crippen molar-refractivity contribution in [1.29, 1.82) is 0 Å². The molecule has 2 fully saturated rings. The Balaban J connectivity index is 1.25. The first-order chi connectivity index (χ1) is 16.4. The molecule has 1 saturated carbocycles. The first kappa shape index (κ1) is 21.8. The van der Waals surface area contributed by atoms with Crippen LogP contribution in [0, 0.1) is 5.41 Å². The minimum atomic E-state index is -0.895. The standard InChI is InChI=1S/C27H24Cl2N2O3/c28-20-2-1-3-21(29)23(20)24-22(25(34-30-24)16-4-5-16)18-14-27(15-18)10-12-31(13-11-27)19-8-6-17(7-9-19)26(32)33/h1-3,6-9,14,16H,4-5,10-13,15H2,(H,32,33). The summed E-state index contributed by atoms with van der Waals surface area (Å²) in [4.78, 5) is 13.5. The lowest BCUT2D eigenvalue weighted by Crippen LogP contribution is -2.42. The van der Waals surface area contributed by atoms with E-state index < -0.39 is 5.97 Å². The predicted molar refractivity (Wildman–Crippen MR) is 134 cm³/mol. The number of aromatic carboxylic acids is 1. The molecule has 0 unspecified atom stereocenters. The van der Waals surface area contributed by atoms with E-state index in [-0.39, 0.29) is 5.41 Å². The van der Waals surface area contributed by atoms with E-state index in [1.54, 1.807) is 12.1 Å². The fourth-order valence-electron chi connectivity index (χ4n) is 5.36. The van der Waals surface area contributed by atoms with Crippen molar-refractivity contribution in [3.63, 3.8) is 0 Å². The molecule has 2 aromatic carbocycles. The number of halogens is 2. The molecule has 0 amide bonds. The third-order valence-electron chi connectivity index (χ3n) is 7.45. The molecule has 1 spiro atoms. The Bertz CT molecular complexity index is 1280. The van der Waals surface area contributed by atoms with Crippen molar-refractivity contribution in [3.8, 4) is 11.3 Å². The van der Waals surface area contributed by atoms with Crippen LogP contribution in [0.1, 0.15) is 59.7 Å². The highest BCUT2D eigenvalue weighted by Crippen LogP contribution is 2.56. The third kappa shape index (κ3) is 3.71. The predicted octanol–water partition coefficient (Wildman–Crippen LogP) is 7.30. The zero-order chi connectivity index (χ0) is 23.4. The molecular weight excluding hydrogens is 471 g/mol. The monoisotopic (exact) mass is 494 g/mol. The van der Waals surface area contributed by atoms with E-state index in [2.05, 4.69) is 16.1 Å². The Morgan fingerprint density at radius 1 is 1.03 bits per heavy atom. The second kappa shape index (κ2) is 8.17. The minimum Gasteiger partial charge on any atom is -0.478 e. The smallest absolute Gasteiger partial charge is 0.335 e. The topological polar surface area (TPSA) is 66.6 Å². The summed E-state index contributed by atoms with van der Waals surface area (Å²) in [5.41, 5.74) is 5.47. The summed E-state index contributed by atoms with van der Waals surface area (Å²) in [7, 11) is 0. The minimum absolute atomic E-state index is 0.187. The molecule has 174 valence electrons. The summed E-state index contributed by atoms with van der Waals surface area (Å²) in [6.07, 6.45) is 7.80. The van der Waals surface area contributed by atoms with Crippen LogP contribution in [0.2, 0.25) is 10.0 Å². The van der Waals surface area contributed by atoms with Gasteiger partial charge in [-0.3, -0.25) is 0 Å². The molecule has 2 heterocycles. The number of anilines is 1.